The molecule has 1 aliphatic heterocycles. The van der Waals surface area contributed by atoms with Crippen molar-refractivity contribution in [1.82, 2.24) is 9.88 Å². The number of hydrogen-bond donors (Lipinski definition) is 1. The third-order valence-electron chi connectivity index (χ3n) is 4.48. The van der Waals surface area contributed by atoms with Crippen LogP contribution in [-0.2, 0) is 4.74 Å². The molecule has 0 spiro atoms. The fourth-order valence-electron chi connectivity index (χ4n) is 3.16. The Labute approximate surface area is 145 Å². The third-order valence-corrected chi connectivity index (χ3v) is 4.48. The number of anilines is 1. The topological polar surface area (TPSA) is 50.5 Å². The monoisotopic (exact) mass is 341 g/mol. The number of morpholine rings is 1. The Morgan fingerprint density at radius 2 is 1.84 bits per heavy atom. The molecular formula is C19H20FN3O2. The van der Waals surface area contributed by atoms with E-state index in [1.165, 1.54) is 12.1 Å². The van der Waals surface area contributed by atoms with E-state index in [-0.39, 0.29) is 11.9 Å². The summed E-state index contributed by atoms with van der Waals surface area (Å²) < 4.78 is 24.5. The summed E-state index contributed by atoms with van der Waals surface area (Å²) >= 11 is 0. The molecular weight excluding hydrogens is 321 g/mol. The van der Waals surface area contributed by atoms with Crippen LogP contribution in [0.1, 0.15) is 11.6 Å². The Morgan fingerprint density at radius 1 is 1.08 bits per heavy atom. The minimum Gasteiger partial charge on any atom is -0.424 e. The Hall–Kier alpha value is -2.44. The molecule has 0 aliphatic carbocycles. The summed E-state index contributed by atoms with van der Waals surface area (Å²) in [4.78, 5) is 6.80. The summed E-state index contributed by atoms with van der Waals surface area (Å²) in [5, 5.41) is 3.29. The molecule has 4 rings (SSSR count). The van der Waals surface area contributed by atoms with Gasteiger partial charge in [0.05, 0.1) is 19.3 Å². The molecule has 1 N–H and O–H groups in total. The van der Waals surface area contributed by atoms with E-state index in [4.69, 9.17) is 9.15 Å². The van der Waals surface area contributed by atoms with E-state index in [9.17, 15) is 4.39 Å². The summed E-state index contributed by atoms with van der Waals surface area (Å²) in [5.74, 6) is -0.226. The summed E-state index contributed by atoms with van der Waals surface area (Å²) in [7, 11) is 0. The summed E-state index contributed by atoms with van der Waals surface area (Å²) in [6, 6.07) is 14.9. The Morgan fingerprint density at radius 3 is 2.60 bits per heavy atom. The van der Waals surface area contributed by atoms with Crippen molar-refractivity contribution in [3.8, 4) is 0 Å². The van der Waals surface area contributed by atoms with Gasteiger partial charge in [0.25, 0.3) is 6.01 Å². The van der Waals surface area contributed by atoms with E-state index >= 15 is 0 Å². The zero-order valence-corrected chi connectivity index (χ0v) is 13.8. The van der Waals surface area contributed by atoms with Gasteiger partial charge in [-0.1, -0.05) is 24.3 Å². The molecule has 0 saturated carbocycles. The minimum atomic E-state index is -0.226. The van der Waals surface area contributed by atoms with Crippen LogP contribution in [0, 0.1) is 5.82 Å². The fourth-order valence-corrected chi connectivity index (χ4v) is 3.16. The lowest BCUT2D eigenvalue weighted by atomic mass is 10.0. The number of para-hydroxylation sites is 2. The molecule has 3 aromatic rings. The molecule has 5 nitrogen and oxygen atoms in total. The molecule has 0 amide bonds. The third kappa shape index (κ3) is 3.65. The number of fused-ring (bicyclic) bond motifs is 1. The summed E-state index contributed by atoms with van der Waals surface area (Å²) in [6.45, 7) is 3.73. The Bertz CT molecular complexity index is 795. The zero-order valence-electron chi connectivity index (χ0n) is 13.8. The number of halogens is 1. The van der Waals surface area contributed by atoms with Crippen LogP contribution in [0.3, 0.4) is 0 Å². The zero-order chi connectivity index (χ0) is 17.1. The first kappa shape index (κ1) is 16.1. The van der Waals surface area contributed by atoms with Gasteiger partial charge in [-0.25, -0.2) is 4.39 Å². The molecule has 1 unspecified atom stereocenters. The molecule has 1 aromatic heterocycles. The van der Waals surface area contributed by atoms with Gasteiger partial charge in [0.1, 0.15) is 11.3 Å². The maximum atomic E-state index is 13.3. The van der Waals surface area contributed by atoms with Crippen molar-refractivity contribution in [2.75, 3.05) is 38.2 Å². The number of hydrogen-bond acceptors (Lipinski definition) is 5. The average molecular weight is 341 g/mol. The highest BCUT2D eigenvalue weighted by atomic mass is 19.1. The molecule has 1 atom stereocenters. The first-order chi connectivity index (χ1) is 12.3. The van der Waals surface area contributed by atoms with Crippen molar-refractivity contribution < 1.29 is 13.5 Å². The Balaban J connectivity index is 1.53. The van der Waals surface area contributed by atoms with Crippen molar-refractivity contribution in [2.45, 2.75) is 6.04 Å². The Kier molecular flexibility index (Phi) is 4.63. The number of benzene rings is 2. The molecule has 1 fully saturated rings. The highest BCUT2D eigenvalue weighted by molar-refractivity contribution is 5.74. The number of rotatable bonds is 5. The van der Waals surface area contributed by atoms with Crippen LogP contribution >= 0.6 is 0 Å². The van der Waals surface area contributed by atoms with Gasteiger partial charge in [-0.2, -0.15) is 4.98 Å². The highest BCUT2D eigenvalue weighted by Crippen LogP contribution is 2.24. The van der Waals surface area contributed by atoms with E-state index in [2.05, 4.69) is 15.2 Å². The largest absolute Gasteiger partial charge is 0.424 e. The van der Waals surface area contributed by atoms with Gasteiger partial charge < -0.3 is 14.5 Å². The molecule has 6 heteroatoms. The molecule has 2 heterocycles. The highest BCUT2D eigenvalue weighted by Gasteiger charge is 2.23. The number of nitrogens with one attached hydrogen (secondary N) is 1. The first-order valence-corrected chi connectivity index (χ1v) is 8.46. The number of ether oxygens (including phenoxy) is 1. The molecule has 0 bridgehead atoms. The van der Waals surface area contributed by atoms with Gasteiger partial charge in [-0.05, 0) is 29.8 Å². The second-order valence-corrected chi connectivity index (χ2v) is 6.08. The van der Waals surface area contributed by atoms with Crippen LogP contribution in [0.2, 0.25) is 0 Å². The fraction of sp³-hybridized carbons (Fsp3) is 0.316. The second-order valence-electron chi connectivity index (χ2n) is 6.08. The van der Waals surface area contributed by atoms with Crippen LogP contribution in [-0.4, -0.2) is 42.7 Å². The maximum Gasteiger partial charge on any atom is 0.295 e. The molecule has 130 valence electrons. The quantitative estimate of drug-likeness (QED) is 0.770. The number of oxazole rings is 1. The number of nitrogens with zero attached hydrogens (tertiary/aromatic N) is 2. The van der Waals surface area contributed by atoms with Crippen LogP contribution in [0.25, 0.3) is 11.1 Å². The van der Waals surface area contributed by atoms with Crippen molar-refractivity contribution in [3.05, 3.63) is 59.9 Å². The van der Waals surface area contributed by atoms with Crippen molar-refractivity contribution in [2.24, 2.45) is 0 Å². The van der Waals surface area contributed by atoms with E-state index < -0.39 is 0 Å². The van der Waals surface area contributed by atoms with Gasteiger partial charge in [0.2, 0.25) is 0 Å². The van der Waals surface area contributed by atoms with E-state index in [1.54, 1.807) is 0 Å². The van der Waals surface area contributed by atoms with Crippen molar-refractivity contribution in [3.63, 3.8) is 0 Å². The summed E-state index contributed by atoms with van der Waals surface area (Å²) in [6.07, 6.45) is 0. The lowest BCUT2D eigenvalue weighted by Crippen LogP contribution is -2.41. The molecule has 1 saturated heterocycles. The predicted molar refractivity (Wildman–Crippen MR) is 94.0 cm³/mol. The van der Waals surface area contributed by atoms with Gasteiger partial charge in [-0.15, -0.1) is 0 Å². The second kappa shape index (κ2) is 7.21. The van der Waals surface area contributed by atoms with Crippen LogP contribution < -0.4 is 5.32 Å². The van der Waals surface area contributed by atoms with Crippen molar-refractivity contribution in [1.29, 1.82) is 0 Å². The molecule has 1 aliphatic rings. The van der Waals surface area contributed by atoms with Crippen LogP contribution in [0.15, 0.2) is 52.9 Å². The maximum absolute atomic E-state index is 13.3. The molecule has 2 aromatic carbocycles. The normalized spacial score (nSPS) is 16.8. The van der Waals surface area contributed by atoms with Crippen LogP contribution in [0.4, 0.5) is 10.4 Å². The van der Waals surface area contributed by atoms with Gasteiger partial charge in [0, 0.05) is 19.6 Å². The first-order valence-electron chi connectivity index (χ1n) is 8.46. The van der Waals surface area contributed by atoms with E-state index in [1.807, 2.05) is 36.4 Å². The summed E-state index contributed by atoms with van der Waals surface area (Å²) in [5.41, 5.74) is 2.65. The smallest absolute Gasteiger partial charge is 0.295 e. The average Bonchev–Trinajstić information content (AvgIpc) is 3.07. The predicted octanol–water partition coefficient (Wildman–Crippen LogP) is 3.45. The minimum absolute atomic E-state index is 0.0968. The number of aromatic nitrogens is 1. The van der Waals surface area contributed by atoms with Gasteiger partial charge >= 0.3 is 0 Å². The van der Waals surface area contributed by atoms with E-state index in [0.717, 1.165) is 29.8 Å². The SMILES string of the molecule is Fc1ccc(C(CNc2nc3ccccc3o2)N2CCOCC2)cc1. The van der Waals surface area contributed by atoms with E-state index in [0.29, 0.717) is 25.8 Å². The van der Waals surface area contributed by atoms with Gasteiger partial charge in [-0.3, -0.25) is 4.90 Å². The molecule has 25 heavy (non-hydrogen) atoms. The van der Waals surface area contributed by atoms with Gasteiger partial charge in [0.15, 0.2) is 5.58 Å². The van der Waals surface area contributed by atoms with Crippen LogP contribution in [0.5, 0.6) is 0 Å². The lowest BCUT2D eigenvalue weighted by Gasteiger charge is -2.34. The van der Waals surface area contributed by atoms with Crippen molar-refractivity contribution >= 4 is 17.1 Å². The lowest BCUT2D eigenvalue weighted by molar-refractivity contribution is 0.0186. The molecule has 0 radical (unpaired) electrons. The standard InChI is InChI=1S/C19H20FN3O2/c20-15-7-5-14(6-8-15)17(23-9-11-24-12-10-23)13-21-19-22-16-3-1-2-4-18(16)25-19/h1-8,17H,9-13H2,(H,21,22).